The number of Topliss-reactive ketones (excluding diaryl/α,β-unsaturated/α-hetero) is 2. The number of aromatic amines is 1. The number of fused-ring (bicyclic) bond motifs is 3. The average molecular weight is 843 g/mol. The molecule has 0 spiro atoms. The summed E-state index contributed by atoms with van der Waals surface area (Å²) < 4.78 is 13.3. The van der Waals surface area contributed by atoms with Gasteiger partial charge in [-0.25, -0.2) is 0 Å². The van der Waals surface area contributed by atoms with Crippen molar-refractivity contribution in [3.8, 4) is 17.2 Å². The zero-order chi connectivity index (χ0) is 43.9. The molecule has 2 aromatic heterocycles. The second-order valence-corrected chi connectivity index (χ2v) is 16.7. The molecular formula is C50H58N4O8. The van der Waals surface area contributed by atoms with Gasteiger partial charge in [0.2, 0.25) is 0 Å². The predicted molar refractivity (Wildman–Crippen MR) is 239 cm³/mol. The first-order chi connectivity index (χ1) is 29.9. The molecule has 4 bridgehead atoms. The highest BCUT2D eigenvalue weighted by Crippen LogP contribution is 2.40. The lowest BCUT2D eigenvalue weighted by Gasteiger charge is -2.32. The molecular weight excluding hydrogens is 785 g/mol. The molecule has 0 fully saturated rings. The number of ether oxygens (including phenoxy) is 2. The number of nitrogens with zero attached hydrogens (tertiary/aromatic N) is 2. The van der Waals surface area contributed by atoms with Crippen LogP contribution in [0.3, 0.4) is 0 Å². The second-order valence-electron chi connectivity index (χ2n) is 16.7. The lowest BCUT2D eigenvalue weighted by molar-refractivity contribution is -0.148. The first-order valence-electron chi connectivity index (χ1n) is 21.6. The molecule has 5 aromatic rings. The van der Waals surface area contributed by atoms with Crippen LogP contribution in [0.25, 0.3) is 10.8 Å². The van der Waals surface area contributed by atoms with E-state index in [1.807, 2.05) is 47.3 Å². The number of allylic oxidation sites excluding steroid dienone is 2. The summed E-state index contributed by atoms with van der Waals surface area (Å²) in [4.78, 5) is 44.9. The Bertz CT molecular complexity index is 2480. The normalized spacial score (nSPS) is 20.1. The summed E-state index contributed by atoms with van der Waals surface area (Å²) in [6.07, 6.45) is 15.7. The quantitative estimate of drug-likeness (QED) is 0.0912. The van der Waals surface area contributed by atoms with Crippen LogP contribution in [0, 0.1) is 5.92 Å². The summed E-state index contributed by atoms with van der Waals surface area (Å²) in [6, 6.07) is 15.8. The van der Waals surface area contributed by atoms with Gasteiger partial charge in [0.05, 0.1) is 25.4 Å². The van der Waals surface area contributed by atoms with Crippen molar-refractivity contribution in [2.24, 2.45) is 5.92 Å². The maximum Gasteiger partial charge on any atom is 0.302 e. The minimum Gasteiger partial charge on any atom is -0.508 e. The van der Waals surface area contributed by atoms with Gasteiger partial charge in [0.25, 0.3) is 0 Å². The Morgan fingerprint density at radius 2 is 1.69 bits per heavy atom. The van der Waals surface area contributed by atoms with E-state index in [2.05, 4.69) is 46.7 Å². The van der Waals surface area contributed by atoms with Crippen molar-refractivity contribution in [3.63, 3.8) is 0 Å². The molecule has 3 aromatic carbocycles. The van der Waals surface area contributed by atoms with Crippen molar-refractivity contribution >= 4 is 34.0 Å². The Kier molecular flexibility index (Phi) is 13.9. The number of aromatic hydroxyl groups is 2. The summed E-state index contributed by atoms with van der Waals surface area (Å²) in [5.41, 5.74) is 6.60. The molecule has 62 heavy (non-hydrogen) atoms. The molecule has 4 unspecified atom stereocenters. The molecule has 2 aliphatic rings. The number of aliphatic hydroxyl groups excluding tert-OH is 1. The number of nitrogens with one attached hydrogen (secondary N) is 2. The molecule has 0 amide bonds. The lowest BCUT2D eigenvalue weighted by atomic mass is 9.82. The van der Waals surface area contributed by atoms with E-state index >= 15 is 0 Å². The van der Waals surface area contributed by atoms with Crippen LogP contribution < -0.4 is 15.0 Å². The van der Waals surface area contributed by atoms with E-state index < -0.39 is 18.1 Å². The van der Waals surface area contributed by atoms with Crippen molar-refractivity contribution in [1.82, 2.24) is 14.9 Å². The van der Waals surface area contributed by atoms with Crippen LogP contribution in [0.5, 0.6) is 17.2 Å². The van der Waals surface area contributed by atoms with Gasteiger partial charge in [-0.15, -0.1) is 0 Å². The number of hydrogen-bond acceptors (Lipinski definition) is 10. The van der Waals surface area contributed by atoms with E-state index in [9.17, 15) is 29.7 Å². The van der Waals surface area contributed by atoms with Crippen molar-refractivity contribution in [2.45, 2.75) is 96.8 Å². The summed E-state index contributed by atoms with van der Waals surface area (Å²) in [5, 5.41) is 37.1. The molecule has 0 saturated heterocycles. The molecule has 12 nitrogen and oxygen atoms in total. The fourth-order valence-electron chi connectivity index (χ4n) is 9.11. The molecule has 2 aliphatic heterocycles. The monoisotopic (exact) mass is 842 g/mol. The summed E-state index contributed by atoms with van der Waals surface area (Å²) >= 11 is 0. The van der Waals surface area contributed by atoms with Crippen LogP contribution in [0.15, 0.2) is 103 Å². The third kappa shape index (κ3) is 10.1. The van der Waals surface area contributed by atoms with Gasteiger partial charge in [0.1, 0.15) is 29.2 Å². The number of phenolic OH excluding ortho intramolecular Hbond substituents is 2. The number of anilines is 1. The largest absolute Gasteiger partial charge is 0.508 e. The summed E-state index contributed by atoms with van der Waals surface area (Å²) in [5.74, 6) is 0.845. The van der Waals surface area contributed by atoms with E-state index in [0.29, 0.717) is 37.1 Å². The van der Waals surface area contributed by atoms with Crippen molar-refractivity contribution in [2.75, 3.05) is 25.1 Å². The Hall–Kier alpha value is -6.27. The molecule has 5 N–H and O–H groups in total. The number of dihydropyridines is 1. The van der Waals surface area contributed by atoms with Crippen LogP contribution in [0.2, 0.25) is 0 Å². The highest BCUT2D eigenvalue weighted by atomic mass is 16.5. The molecule has 7 rings (SSSR count). The number of benzene rings is 3. The van der Waals surface area contributed by atoms with E-state index in [0.717, 1.165) is 58.2 Å². The number of aromatic nitrogens is 2. The second kappa shape index (κ2) is 19.6. The van der Waals surface area contributed by atoms with Crippen LogP contribution in [-0.4, -0.2) is 68.7 Å². The van der Waals surface area contributed by atoms with E-state index in [-0.39, 0.29) is 66.5 Å². The number of carbonyl (C=O) groups excluding carboxylic acids is 3. The number of phenols is 2. The van der Waals surface area contributed by atoms with Gasteiger partial charge in [-0.3, -0.25) is 14.4 Å². The fraction of sp³-hybridized carbons (Fsp3) is 0.380. The Morgan fingerprint density at radius 1 is 0.903 bits per heavy atom. The van der Waals surface area contributed by atoms with Crippen LogP contribution in [0.1, 0.15) is 99.1 Å². The number of aliphatic hydroxyl groups is 1. The first kappa shape index (κ1) is 43.8. The molecule has 4 atom stereocenters. The van der Waals surface area contributed by atoms with Crippen LogP contribution in [-0.2, 0) is 38.6 Å². The average Bonchev–Trinajstić information content (AvgIpc) is 3.90. The Morgan fingerprint density at radius 3 is 2.42 bits per heavy atom. The highest BCUT2D eigenvalue weighted by Gasteiger charge is 2.28. The van der Waals surface area contributed by atoms with Gasteiger partial charge in [-0.2, -0.15) is 0 Å². The zero-order valence-electron chi connectivity index (χ0n) is 36.0. The number of hydrogen-bond donors (Lipinski definition) is 5. The van der Waals surface area contributed by atoms with Gasteiger partial charge in [-0.05, 0) is 108 Å². The van der Waals surface area contributed by atoms with Gasteiger partial charge in [-0.1, -0.05) is 43.7 Å². The van der Waals surface area contributed by atoms with Gasteiger partial charge in [0, 0.05) is 80.8 Å². The van der Waals surface area contributed by atoms with E-state index in [1.54, 1.807) is 31.2 Å². The SMILES string of the molecule is CCC1CCC(OC(C)=O)CC(=O)CC(c2ccc(O)c(OC)c2)n2cc3c(CO)ccc(c3c2)N(CCC(C)=O)C2=CC(=CCN2)C(c2cccc(O)c2)Cc2c[nH]cc2C1. The molecule has 0 radical (unpaired) electrons. The Balaban J connectivity index is 1.42. The molecule has 12 heteroatoms. The lowest BCUT2D eigenvalue weighted by Crippen LogP contribution is -2.35. The van der Waals surface area contributed by atoms with Gasteiger partial charge in [0.15, 0.2) is 11.5 Å². The third-order valence-electron chi connectivity index (χ3n) is 12.4. The molecule has 326 valence electrons. The predicted octanol–water partition coefficient (Wildman–Crippen LogP) is 8.30. The number of esters is 1. The number of H-pyrrole nitrogens is 1. The van der Waals surface area contributed by atoms with Crippen LogP contribution in [0.4, 0.5) is 5.69 Å². The zero-order valence-corrected chi connectivity index (χ0v) is 36.0. The molecule has 0 aliphatic carbocycles. The van der Waals surface area contributed by atoms with Crippen molar-refractivity contribution in [3.05, 3.63) is 131 Å². The minimum atomic E-state index is -0.614. The summed E-state index contributed by atoms with van der Waals surface area (Å²) in [6.45, 7) is 5.79. The maximum absolute atomic E-state index is 14.3. The van der Waals surface area contributed by atoms with Gasteiger partial charge < -0.3 is 44.6 Å². The van der Waals surface area contributed by atoms with Crippen molar-refractivity contribution in [1.29, 1.82) is 0 Å². The smallest absolute Gasteiger partial charge is 0.302 e. The third-order valence-corrected chi connectivity index (χ3v) is 12.4. The number of rotatable bonds is 9. The first-order valence-corrected chi connectivity index (χ1v) is 21.6. The number of carbonyl (C=O) groups is 3. The maximum atomic E-state index is 14.3. The molecule has 4 heterocycles. The Labute approximate surface area is 362 Å². The molecule has 0 saturated carbocycles. The van der Waals surface area contributed by atoms with Crippen molar-refractivity contribution < 1.29 is 39.2 Å². The topological polar surface area (TPSA) is 166 Å². The van der Waals surface area contributed by atoms with E-state index in [1.165, 1.54) is 19.6 Å². The highest BCUT2D eigenvalue weighted by molar-refractivity contribution is 5.97. The summed E-state index contributed by atoms with van der Waals surface area (Å²) in [7, 11) is 1.48. The fourth-order valence-corrected chi connectivity index (χ4v) is 9.11. The van der Waals surface area contributed by atoms with Gasteiger partial charge >= 0.3 is 5.97 Å². The number of methoxy groups -OCH3 is 1. The minimum absolute atomic E-state index is 0.0322. The van der Waals surface area contributed by atoms with E-state index in [4.69, 9.17) is 9.47 Å². The van der Waals surface area contributed by atoms with Crippen LogP contribution >= 0.6 is 0 Å². The standard InChI is InChI=1S/C50H58N4O8/c1-5-33-9-12-42(62-32(3)57)24-41(59)25-47(36-11-14-48(60)49(22-36)61-4)53-28-44-37(30-55)10-13-46(45(44)29-53)54(18-16-31(2)56)50-23-35(15-17-52-50)43(34-7-6-8-40(58)20-34)21-39-27-51-26-38(39)19-33/h6-8,10-11,13-15,20,22-23,26-29,33,42-43,47,51-52,55,58,60H,5,9,12,16-19,21,24-25,30H2,1-4H3. The number of ketones is 2.